The molecule has 4 rings (SSSR count). The van der Waals surface area contributed by atoms with Crippen molar-refractivity contribution in [1.29, 1.82) is 0 Å². The van der Waals surface area contributed by atoms with E-state index in [-0.39, 0.29) is 17.7 Å². The number of carbonyl (C=O) groups is 2. The Bertz CT molecular complexity index is 1460. The predicted molar refractivity (Wildman–Crippen MR) is 123 cm³/mol. The summed E-state index contributed by atoms with van der Waals surface area (Å²) < 4.78 is 18.1. The Hall–Kier alpha value is -3.92. The zero-order chi connectivity index (χ0) is 24.4. The summed E-state index contributed by atoms with van der Waals surface area (Å²) in [5.74, 6) is -0.107. The van der Waals surface area contributed by atoms with Gasteiger partial charge in [0.2, 0.25) is 0 Å². The van der Waals surface area contributed by atoms with E-state index < -0.39 is 24.6 Å². The summed E-state index contributed by atoms with van der Waals surface area (Å²) in [5, 5.41) is 8.73. The van der Waals surface area contributed by atoms with E-state index in [1.54, 1.807) is 63.2 Å². The molecular weight excluding hydrogens is 460 g/mol. The topological polar surface area (TPSA) is 120 Å². The van der Waals surface area contributed by atoms with Crippen molar-refractivity contribution >= 4 is 29.4 Å². The summed E-state index contributed by atoms with van der Waals surface area (Å²) in [6, 6.07) is 9.42. The van der Waals surface area contributed by atoms with E-state index in [0.717, 1.165) is 5.56 Å². The molecule has 1 aliphatic heterocycles. The van der Waals surface area contributed by atoms with Gasteiger partial charge in [-0.3, -0.25) is 9.36 Å². The first-order valence-electron chi connectivity index (χ1n) is 10.5. The smallest absolute Gasteiger partial charge is 0.341 e. The first-order chi connectivity index (χ1) is 16.3. The number of nitrogens with zero attached hydrogens (tertiary/aromatic N) is 2. The van der Waals surface area contributed by atoms with Gasteiger partial charge in [0.05, 0.1) is 22.4 Å². The molecule has 1 aromatic carbocycles. The van der Waals surface area contributed by atoms with Crippen LogP contribution >= 0.6 is 11.3 Å². The van der Waals surface area contributed by atoms with Crippen LogP contribution < -0.4 is 19.6 Å². The van der Waals surface area contributed by atoms with E-state index in [9.17, 15) is 14.4 Å². The molecule has 0 amide bonds. The fourth-order valence-electron chi connectivity index (χ4n) is 3.62. The van der Waals surface area contributed by atoms with E-state index in [4.69, 9.17) is 19.0 Å². The average molecular weight is 483 g/mol. The van der Waals surface area contributed by atoms with Crippen LogP contribution in [0.25, 0.3) is 6.08 Å². The minimum atomic E-state index is -1.07. The number of ether oxygens (including phenoxy) is 2. The Morgan fingerprint density at radius 2 is 1.94 bits per heavy atom. The molecule has 10 heteroatoms. The van der Waals surface area contributed by atoms with Crippen molar-refractivity contribution in [2.45, 2.75) is 26.8 Å². The van der Waals surface area contributed by atoms with Gasteiger partial charge in [0, 0.05) is 0 Å². The van der Waals surface area contributed by atoms with Crippen LogP contribution in [0.4, 0.5) is 0 Å². The number of furan rings is 1. The third-order valence-electron chi connectivity index (χ3n) is 5.09. The maximum absolute atomic E-state index is 13.5. The highest BCUT2D eigenvalue weighted by Crippen LogP contribution is 2.31. The molecule has 0 fully saturated rings. The lowest BCUT2D eigenvalue weighted by atomic mass is 10.0. The Labute approximate surface area is 197 Å². The highest BCUT2D eigenvalue weighted by molar-refractivity contribution is 7.07. The van der Waals surface area contributed by atoms with Crippen molar-refractivity contribution < 1.29 is 28.6 Å². The van der Waals surface area contributed by atoms with Crippen LogP contribution in [0.5, 0.6) is 5.75 Å². The number of fused-ring (bicyclic) bond motifs is 1. The van der Waals surface area contributed by atoms with Gasteiger partial charge in [-0.25, -0.2) is 14.6 Å². The molecule has 0 spiro atoms. The van der Waals surface area contributed by atoms with E-state index in [0.29, 0.717) is 32.3 Å². The second-order valence-electron chi connectivity index (χ2n) is 7.50. The fraction of sp³-hybridized carbons (Fsp3) is 0.250. The zero-order valence-electron chi connectivity index (χ0n) is 18.7. The number of carboxylic acid groups (broad SMARTS) is 1. The van der Waals surface area contributed by atoms with Crippen LogP contribution in [-0.4, -0.2) is 34.8 Å². The van der Waals surface area contributed by atoms with E-state index >= 15 is 0 Å². The molecule has 9 nitrogen and oxygen atoms in total. The molecule has 0 saturated heterocycles. The van der Waals surface area contributed by atoms with E-state index in [1.807, 2.05) is 0 Å². The standard InChI is InChI=1S/C24H22N2O7S/c1-4-31-23(30)20-14(3)25-24-26(21(20)17-10-5-13(2)33-17)22(29)18(34-24)11-15-6-8-16(9-7-15)32-12-19(27)28/h5-11,21H,4,12H2,1-3H3,(H,27,28)/b18-11+/t21-/m0/s1. The number of thiazole rings is 1. The van der Waals surface area contributed by atoms with Gasteiger partial charge >= 0.3 is 11.9 Å². The van der Waals surface area contributed by atoms with Crippen molar-refractivity contribution in [3.8, 4) is 5.75 Å². The SMILES string of the molecule is CCOC(=O)C1=C(C)N=c2s/c(=C/c3ccc(OCC(=O)O)cc3)c(=O)n2[C@H]1c1ccc(C)o1. The van der Waals surface area contributed by atoms with Crippen LogP contribution in [0.3, 0.4) is 0 Å². The summed E-state index contributed by atoms with van der Waals surface area (Å²) in [6.45, 7) is 4.97. The third kappa shape index (κ3) is 4.58. The van der Waals surface area contributed by atoms with Crippen molar-refractivity contribution in [3.63, 3.8) is 0 Å². The molecule has 1 N–H and O–H groups in total. The summed E-state index contributed by atoms with van der Waals surface area (Å²) in [5.41, 5.74) is 1.13. The minimum absolute atomic E-state index is 0.191. The molecule has 3 aromatic rings. The van der Waals surface area contributed by atoms with Crippen LogP contribution in [0.2, 0.25) is 0 Å². The number of carbonyl (C=O) groups excluding carboxylic acids is 1. The molecule has 1 atom stereocenters. The lowest BCUT2D eigenvalue weighted by Gasteiger charge is -2.22. The largest absolute Gasteiger partial charge is 0.482 e. The second-order valence-corrected chi connectivity index (χ2v) is 8.51. The Morgan fingerprint density at radius 3 is 2.56 bits per heavy atom. The van der Waals surface area contributed by atoms with Gasteiger partial charge in [0.1, 0.15) is 23.3 Å². The van der Waals surface area contributed by atoms with E-state index in [1.165, 1.54) is 15.9 Å². The molecule has 3 heterocycles. The molecule has 1 aliphatic rings. The molecule has 0 saturated carbocycles. The monoisotopic (exact) mass is 482 g/mol. The first-order valence-corrected chi connectivity index (χ1v) is 11.3. The lowest BCUT2D eigenvalue weighted by Crippen LogP contribution is -2.39. The van der Waals surface area contributed by atoms with Crippen molar-refractivity contribution in [3.05, 3.63) is 84.4 Å². The Kier molecular flexibility index (Phi) is 6.51. The van der Waals surface area contributed by atoms with Crippen LogP contribution in [0.15, 0.2) is 61.9 Å². The summed E-state index contributed by atoms with van der Waals surface area (Å²) in [4.78, 5) is 41.9. The van der Waals surface area contributed by atoms with E-state index in [2.05, 4.69) is 4.99 Å². The number of benzene rings is 1. The molecular formula is C24H22N2O7S. The molecule has 2 aromatic heterocycles. The van der Waals surface area contributed by atoms with Crippen LogP contribution in [0.1, 0.15) is 37.0 Å². The van der Waals surface area contributed by atoms with Gasteiger partial charge in [0.15, 0.2) is 11.4 Å². The van der Waals surface area contributed by atoms with Gasteiger partial charge < -0.3 is 19.0 Å². The Morgan fingerprint density at radius 1 is 1.21 bits per heavy atom. The zero-order valence-corrected chi connectivity index (χ0v) is 19.5. The summed E-state index contributed by atoms with van der Waals surface area (Å²) >= 11 is 1.20. The molecule has 176 valence electrons. The maximum atomic E-state index is 13.5. The molecule has 0 unspecified atom stereocenters. The number of rotatable bonds is 7. The van der Waals surface area contributed by atoms with Gasteiger partial charge in [0.25, 0.3) is 5.56 Å². The Balaban J connectivity index is 1.80. The normalized spacial score (nSPS) is 15.6. The van der Waals surface area contributed by atoms with Gasteiger partial charge in [-0.05, 0) is 56.7 Å². The number of allylic oxidation sites excluding steroid dienone is 1. The van der Waals surface area contributed by atoms with Crippen LogP contribution in [-0.2, 0) is 14.3 Å². The number of hydrogen-bond acceptors (Lipinski definition) is 8. The van der Waals surface area contributed by atoms with Crippen LogP contribution in [0, 0.1) is 6.92 Å². The third-order valence-corrected chi connectivity index (χ3v) is 6.07. The number of hydrogen-bond donors (Lipinski definition) is 1. The molecule has 0 bridgehead atoms. The summed E-state index contributed by atoms with van der Waals surface area (Å²) in [6.07, 6.45) is 1.71. The lowest BCUT2D eigenvalue weighted by molar-refractivity contribution is -0.140. The van der Waals surface area contributed by atoms with Gasteiger partial charge in [-0.1, -0.05) is 23.5 Å². The minimum Gasteiger partial charge on any atom is -0.482 e. The average Bonchev–Trinajstić information content (AvgIpc) is 3.35. The first kappa shape index (κ1) is 23.2. The molecule has 34 heavy (non-hydrogen) atoms. The summed E-state index contributed by atoms with van der Waals surface area (Å²) in [7, 11) is 0. The number of aryl methyl sites for hydroxylation is 1. The van der Waals surface area contributed by atoms with Gasteiger partial charge in [-0.15, -0.1) is 0 Å². The van der Waals surface area contributed by atoms with Gasteiger partial charge in [-0.2, -0.15) is 0 Å². The maximum Gasteiger partial charge on any atom is 0.341 e. The highest BCUT2D eigenvalue weighted by atomic mass is 32.1. The number of aliphatic carboxylic acids is 1. The quantitative estimate of drug-likeness (QED) is 0.513. The number of aromatic nitrogens is 1. The number of esters is 1. The fourth-order valence-corrected chi connectivity index (χ4v) is 4.66. The number of carboxylic acids is 1. The molecule has 0 aliphatic carbocycles. The highest BCUT2D eigenvalue weighted by Gasteiger charge is 2.35. The van der Waals surface area contributed by atoms with Crippen molar-refractivity contribution in [1.82, 2.24) is 4.57 Å². The van der Waals surface area contributed by atoms with Crippen molar-refractivity contribution in [2.24, 2.45) is 4.99 Å². The molecule has 0 radical (unpaired) electrons. The second kappa shape index (κ2) is 9.52. The van der Waals surface area contributed by atoms with Crippen molar-refractivity contribution in [2.75, 3.05) is 13.2 Å². The predicted octanol–water partition coefficient (Wildman–Crippen LogP) is 2.16.